The zero-order chi connectivity index (χ0) is 9.14. The van der Waals surface area contributed by atoms with Gasteiger partial charge in [-0.15, -0.1) is 0 Å². The monoisotopic (exact) mass is 182 g/mol. The highest BCUT2D eigenvalue weighted by atomic mass is 32.2. The van der Waals surface area contributed by atoms with E-state index in [0.717, 1.165) is 5.75 Å². The minimum atomic E-state index is 0.296. The first kappa shape index (κ1) is 9.46. The van der Waals surface area contributed by atoms with Crippen molar-refractivity contribution in [2.24, 2.45) is 0 Å². The molecule has 0 aliphatic carbocycles. The molecule has 1 unspecified atom stereocenters. The summed E-state index contributed by atoms with van der Waals surface area (Å²) >= 11 is 0. The lowest BCUT2D eigenvalue weighted by Crippen LogP contribution is -1.72. The molecule has 0 fully saturated rings. The maximum atomic E-state index is 4.48. The Morgan fingerprint density at radius 3 is 2.42 bits per heavy atom. The molecule has 1 rings (SSSR count). The summed E-state index contributed by atoms with van der Waals surface area (Å²) in [5, 5.41) is 1.29. The average molecular weight is 182 g/mol. The highest BCUT2D eigenvalue weighted by Crippen LogP contribution is 2.30. The molecule has 1 aromatic rings. The lowest BCUT2D eigenvalue weighted by Gasteiger charge is -1.85. The molecular formula is C10H16NS+. The van der Waals surface area contributed by atoms with Gasteiger partial charge in [0.2, 0.25) is 5.01 Å². The van der Waals surface area contributed by atoms with Crippen molar-refractivity contribution in [2.45, 2.75) is 33.4 Å². The molecule has 0 saturated heterocycles. The van der Waals surface area contributed by atoms with E-state index in [1.807, 2.05) is 0 Å². The molecule has 1 atom stereocenters. The van der Waals surface area contributed by atoms with E-state index in [-0.39, 0.29) is 0 Å². The Bertz CT molecular complexity index is 297. The summed E-state index contributed by atoms with van der Waals surface area (Å²) in [7, 11) is 0.296. The number of nitrogens with zero attached hydrogens (tertiary/aromatic N) is 1. The van der Waals surface area contributed by atoms with E-state index in [2.05, 4.69) is 44.8 Å². The summed E-state index contributed by atoms with van der Waals surface area (Å²) in [6, 6.07) is 0. The fraction of sp³-hybridized carbons (Fsp3) is 0.500. The second kappa shape index (κ2) is 3.85. The number of aromatic nitrogens is 1. The van der Waals surface area contributed by atoms with E-state index in [9.17, 15) is 0 Å². The zero-order valence-corrected chi connectivity index (χ0v) is 9.03. The van der Waals surface area contributed by atoms with Gasteiger partial charge in [0.1, 0.15) is 5.75 Å². The van der Waals surface area contributed by atoms with Gasteiger partial charge in [0, 0.05) is 24.3 Å². The molecule has 0 aliphatic rings. The summed E-state index contributed by atoms with van der Waals surface area (Å²) in [6.45, 7) is 8.49. The van der Waals surface area contributed by atoms with Gasteiger partial charge in [0.15, 0.2) is 4.88 Å². The van der Waals surface area contributed by atoms with E-state index in [4.69, 9.17) is 0 Å². The van der Waals surface area contributed by atoms with E-state index in [1.54, 1.807) is 0 Å². The van der Waals surface area contributed by atoms with Crippen molar-refractivity contribution < 1.29 is 0 Å². The molecule has 0 N–H and O–H groups in total. The summed E-state index contributed by atoms with van der Waals surface area (Å²) in [5.41, 5.74) is 1.22. The minimum Gasteiger partial charge on any atom is -0.202 e. The van der Waals surface area contributed by atoms with Crippen LogP contribution in [0.5, 0.6) is 0 Å². The molecule has 0 spiro atoms. The third kappa shape index (κ3) is 1.75. The number of allylic oxidation sites excluding steroid dienone is 2. The van der Waals surface area contributed by atoms with Crippen LogP contribution in [-0.2, 0) is 5.75 Å². The Hall–Kier alpha value is -0.630. The second-order valence-corrected chi connectivity index (χ2v) is 5.22. The fourth-order valence-electron chi connectivity index (χ4n) is 1.21. The molecule has 0 amide bonds. The molecule has 1 aromatic heterocycles. The predicted molar refractivity (Wildman–Crippen MR) is 55.7 cm³/mol. The summed E-state index contributed by atoms with van der Waals surface area (Å²) < 4.78 is 0. The number of hydrogen-bond donors (Lipinski definition) is 0. The van der Waals surface area contributed by atoms with Gasteiger partial charge in [0.25, 0.3) is 0 Å². The van der Waals surface area contributed by atoms with Crippen molar-refractivity contribution in [3.05, 3.63) is 27.7 Å². The van der Waals surface area contributed by atoms with Crippen molar-refractivity contribution in [1.82, 2.24) is 4.98 Å². The van der Waals surface area contributed by atoms with E-state index < -0.39 is 0 Å². The number of thiazole rings is 1. The van der Waals surface area contributed by atoms with Gasteiger partial charge in [-0.2, -0.15) is 0 Å². The minimum absolute atomic E-state index is 0.296. The molecule has 12 heavy (non-hydrogen) atoms. The molecule has 0 saturated carbocycles. The van der Waals surface area contributed by atoms with Gasteiger partial charge >= 0.3 is 0 Å². The maximum Gasteiger partial charge on any atom is 0.239 e. The molecule has 1 heterocycles. The molecule has 2 heteroatoms. The fourth-order valence-corrected chi connectivity index (χ4v) is 3.18. The highest BCUT2D eigenvalue weighted by molar-refractivity contribution is 7.31. The molecule has 0 radical (unpaired) electrons. The van der Waals surface area contributed by atoms with Crippen LogP contribution in [0.15, 0.2) is 12.2 Å². The van der Waals surface area contributed by atoms with Gasteiger partial charge in [0.05, 0.1) is 5.69 Å². The van der Waals surface area contributed by atoms with Gasteiger partial charge in [-0.3, -0.25) is 0 Å². The Morgan fingerprint density at radius 1 is 1.33 bits per heavy atom. The molecular weight excluding hydrogens is 166 g/mol. The molecule has 0 aliphatic heterocycles. The van der Waals surface area contributed by atoms with E-state index in [1.165, 1.54) is 15.6 Å². The van der Waals surface area contributed by atoms with Crippen LogP contribution in [0.1, 0.15) is 22.5 Å². The standard InChI is InChI=1S/C10H16NS/c1-5-6-7-12-9(3)8(2)11-10(12)4/h5-6H,7H2,1-4H3/q+1. The largest absolute Gasteiger partial charge is 0.239 e. The summed E-state index contributed by atoms with van der Waals surface area (Å²) in [6.07, 6.45) is 4.34. The number of hydrogen-bond acceptors (Lipinski definition) is 1. The van der Waals surface area contributed by atoms with Crippen LogP contribution in [0.4, 0.5) is 0 Å². The van der Waals surface area contributed by atoms with Crippen molar-refractivity contribution in [2.75, 3.05) is 0 Å². The van der Waals surface area contributed by atoms with Crippen LogP contribution < -0.4 is 0 Å². The van der Waals surface area contributed by atoms with Crippen molar-refractivity contribution in [3.8, 4) is 0 Å². The van der Waals surface area contributed by atoms with E-state index in [0.29, 0.717) is 10.5 Å². The quantitative estimate of drug-likeness (QED) is 0.505. The van der Waals surface area contributed by atoms with Crippen LogP contribution in [0, 0.1) is 20.8 Å². The predicted octanol–water partition coefficient (Wildman–Crippen LogP) is 3.33. The smallest absolute Gasteiger partial charge is 0.202 e. The second-order valence-electron chi connectivity index (χ2n) is 2.90. The van der Waals surface area contributed by atoms with Crippen LogP contribution in [0.25, 0.3) is 0 Å². The lowest BCUT2D eigenvalue weighted by atomic mass is 10.4. The summed E-state index contributed by atoms with van der Waals surface area (Å²) in [5.74, 6) is 1.13. The lowest BCUT2D eigenvalue weighted by molar-refractivity contribution is 1.18. The van der Waals surface area contributed by atoms with Crippen LogP contribution in [0.3, 0.4) is 0 Å². The molecule has 0 aromatic carbocycles. The molecule has 0 bridgehead atoms. The first-order valence-electron chi connectivity index (χ1n) is 4.21. The topological polar surface area (TPSA) is 12.9 Å². The van der Waals surface area contributed by atoms with Crippen molar-refractivity contribution >= 4 is 10.5 Å². The zero-order valence-electron chi connectivity index (χ0n) is 8.22. The van der Waals surface area contributed by atoms with Gasteiger partial charge in [-0.25, -0.2) is 4.98 Å². The first-order chi connectivity index (χ1) is 5.66. The maximum absolute atomic E-state index is 4.48. The molecule has 1 nitrogen and oxygen atoms in total. The average Bonchev–Trinajstić information content (AvgIpc) is 2.25. The third-order valence-electron chi connectivity index (χ3n) is 2.06. The number of aryl methyl sites for hydroxylation is 2. The van der Waals surface area contributed by atoms with Crippen molar-refractivity contribution in [3.63, 3.8) is 0 Å². The Balaban J connectivity index is 2.97. The number of rotatable bonds is 2. The summed E-state index contributed by atoms with van der Waals surface area (Å²) in [4.78, 5) is 5.94. The normalized spacial score (nSPS) is 12.8. The Morgan fingerprint density at radius 2 is 2.00 bits per heavy atom. The Labute approximate surface area is 77.1 Å². The highest BCUT2D eigenvalue weighted by Gasteiger charge is 2.17. The SMILES string of the molecule is CC=CC[s+]1c(C)nc(C)c1C. The van der Waals surface area contributed by atoms with Gasteiger partial charge in [-0.1, -0.05) is 6.08 Å². The first-order valence-corrected chi connectivity index (χ1v) is 5.61. The van der Waals surface area contributed by atoms with Gasteiger partial charge in [-0.05, 0) is 19.9 Å². The van der Waals surface area contributed by atoms with Crippen LogP contribution in [0.2, 0.25) is 0 Å². The molecule has 66 valence electrons. The van der Waals surface area contributed by atoms with Gasteiger partial charge < -0.3 is 0 Å². The van der Waals surface area contributed by atoms with Crippen LogP contribution in [-0.4, -0.2) is 4.98 Å². The van der Waals surface area contributed by atoms with Crippen molar-refractivity contribution in [1.29, 1.82) is 0 Å². The van der Waals surface area contributed by atoms with E-state index >= 15 is 0 Å². The Kier molecular flexibility index (Phi) is 3.04. The van der Waals surface area contributed by atoms with Crippen LogP contribution >= 0.6 is 10.5 Å². The third-order valence-corrected chi connectivity index (χ3v) is 4.42.